The minimum Gasteiger partial charge on any atom is -0.338 e. The molecule has 3 heterocycles. The highest BCUT2D eigenvalue weighted by atomic mass is 19.1. The normalized spacial score (nSPS) is 19.9. The molecule has 1 aliphatic carbocycles. The van der Waals surface area contributed by atoms with Crippen molar-refractivity contribution in [2.45, 2.75) is 38.5 Å². The van der Waals surface area contributed by atoms with Gasteiger partial charge in [0.1, 0.15) is 11.5 Å². The highest BCUT2D eigenvalue weighted by Gasteiger charge is 2.31. The van der Waals surface area contributed by atoms with Crippen molar-refractivity contribution in [3.8, 4) is 11.3 Å². The SMILES string of the molecule is CC1CCCN(C(=O)c2cc(C3CC3)nc3onc(-c4ccc(F)cc4)c23)C1. The first kappa shape index (κ1) is 17.3. The van der Waals surface area contributed by atoms with E-state index >= 15 is 0 Å². The molecule has 144 valence electrons. The smallest absolute Gasteiger partial charge is 0.259 e. The lowest BCUT2D eigenvalue weighted by molar-refractivity contribution is 0.0685. The third-order valence-electron chi connectivity index (χ3n) is 5.75. The van der Waals surface area contributed by atoms with Crippen LogP contribution in [0.25, 0.3) is 22.4 Å². The van der Waals surface area contributed by atoms with Crippen LogP contribution in [0.15, 0.2) is 34.9 Å². The summed E-state index contributed by atoms with van der Waals surface area (Å²) in [5.41, 5.74) is 3.14. The van der Waals surface area contributed by atoms with Crippen molar-refractivity contribution in [3.05, 3.63) is 47.4 Å². The van der Waals surface area contributed by atoms with Gasteiger partial charge in [-0.3, -0.25) is 4.79 Å². The van der Waals surface area contributed by atoms with Crippen LogP contribution >= 0.6 is 0 Å². The van der Waals surface area contributed by atoms with Gasteiger partial charge in [-0.05, 0) is 61.9 Å². The number of carbonyl (C=O) groups excluding carboxylic acids is 1. The van der Waals surface area contributed by atoms with Crippen molar-refractivity contribution in [3.63, 3.8) is 0 Å². The van der Waals surface area contributed by atoms with Gasteiger partial charge in [0.25, 0.3) is 11.6 Å². The van der Waals surface area contributed by atoms with Crippen LogP contribution in [0.2, 0.25) is 0 Å². The zero-order valence-electron chi connectivity index (χ0n) is 15.8. The molecule has 0 radical (unpaired) electrons. The van der Waals surface area contributed by atoms with E-state index in [1.54, 1.807) is 12.1 Å². The minimum absolute atomic E-state index is 0.00686. The first-order valence-electron chi connectivity index (χ1n) is 9.95. The van der Waals surface area contributed by atoms with Crippen molar-refractivity contribution in [1.82, 2.24) is 15.0 Å². The summed E-state index contributed by atoms with van der Waals surface area (Å²) in [6.45, 7) is 3.71. The molecule has 2 aromatic heterocycles. The average molecular weight is 379 g/mol. The predicted octanol–water partition coefficient (Wildman–Crippen LogP) is 4.78. The van der Waals surface area contributed by atoms with Gasteiger partial charge in [-0.2, -0.15) is 0 Å². The van der Waals surface area contributed by atoms with Crippen LogP contribution in [-0.2, 0) is 0 Å². The number of piperidine rings is 1. The number of halogens is 1. The number of fused-ring (bicyclic) bond motifs is 1. The van der Waals surface area contributed by atoms with E-state index in [9.17, 15) is 9.18 Å². The second-order valence-corrected chi connectivity index (χ2v) is 8.09. The van der Waals surface area contributed by atoms with Crippen molar-refractivity contribution < 1.29 is 13.7 Å². The van der Waals surface area contributed by atoms with Gasteiger partial charge >= 0.3 is 0 Å². The molecule has 28 heavy (non-hydrogen) atoms. The summed E-state index contributed by atoms with van der Waals surface area (Å²) in [4.78, 5) is 20.0. The molecule has 2 fully saturated rings. The standard InChI is InChI=1S/C22H22FN3O2/c1-13-3-2-10-26(12-13)22(27)17-11-18(14-4-5-14)24-21-19(17)20(25-28-21)15-6-8-16(23)9-7-15/h6-9,11,13-14H,2-5,10,12H2,1H3. The van der Waals surface area contributed by atoms with E-state index in [1.807, 2.05) is 11.0 Å². The van der Waals surface area contributed by atoms with Gasteiger partial charge in [0.05, 0.1) is 10.9 Å². The van der Waals surface area contributed by atoms with E-state index in [-0.39, 0.29) is 11.7 Å². The lowest BCUT2D eigenvalue weighted by atomic mass is 9.98. The highest BCUT2D eigenvalue weighted by molar-refractivity contribution is 6.09. The van der Waals surface area contributed by atoms with E-state index in [0.717, 1.165) is 44.5 Å². The number of nitrogens with zero attached hydrogens (tertiary/aromatic N) is 3. The Morgan fingerprint density at radius 1 is 1.21 bits per heavy atom. The van der Waals surface area contributed by atoms with Crippen molar-refractivity contribution >= 4 is 17.0 Å². The summed E-state index contributed by atoms with van der Waals surface area (Å²) in [7, 11) is 0. The molecule has 0 bridgehead atoms. The molecule has 5 nitrogen and oxygen atoms in total. The highest BCUT2D eigenvalue weighted by Crippen LogP contribution is 2.41. The second-order valence-electron chi connectivity index (χ2n) is 8.09. The molecule has 3 aromatic rings. The first-order chi connectivity index (χ1) is 13.6. The summed E-state index contributed by atoms with van der Waals surface area (Å²) in [6, 6.07) is 7.99. The number of pyridine rings is 1. The summed E-state index contributed by atoms with van der Waals surface area (Å²) in [6.07, 6.45) is 4.35. The van der Waals surface area contributed by atoms with Gasteiger partial charge in [0.2, 0.25) is 0 Å². The number of benzene rings is 1. The lowest BCUT2D eigenvalue weighted by Crippen LogP contribution is -2.39. The number of hydrogen-bond donors (Lipinski definition) is 0. The Labute approximate surface area is 162 Å². The third kappa shape index (κ3) is 3.07. The Kier molecular flexibility index (Phi) is 4.14. The monoisotopic (exact) mass is 379 g/mol. The maximum atomic E-state index is 13.5. The van der Waals surface area contributed by atoms with Crippen LogP contribution in [0.3, 0.4) is 0 Å². The molecular weight excluding hydrogens is 357 g/mol. The zero-order valence-corrected chi connectivity index (χ0v) is 15.8. The van der Waals surface area contributed by atoms with Crippen LogP contribution in [0.1, 0.15) is 54.6 Å². The molecule has 1 amide bonds. The Bertz CT molecular complexity index is 1040. The third-order valence-corrected chi connectivity index (χ3v) is 5.75. The molecule has 5 rings (SSSR count). The molecule has 0 spiro atoms. The predicted molar refractivity (Wildman–Crippen MR) is 103 cm³/mol. The maximum Gasteiger partial charge on any atom is 0.259 e. The van der Waals surface area contributed by atoms with Crippen molar-refractivity contribution in [2.75, 3.05) is 13.1 Å². The van der Waals surface area contributed by atoms with Crippen LogP contribution in [-0.4, -0.2) is 34.0 Å². The molecule has 0 N–H and O–H groups in total. The number of hydrogen-bond acceptors (Lipinski definition) is 4. The zero-order chi connectivity index (χ0) is 19.3. The average Bonchev–Trinajstić information content (AvgIpc) is 3.47. The molecule has 1 unspecified atom stereocenters. The number of amides is 1. The summed E-state index contributed by atoms with van der Waals surface area (Å²) < 4.78 is 18.9. The van der Waals surface area contributed by atoms with Gasteiger partial charge in [-0.1, -0.05) is 12.1 Å². The van der Waals surface area contributed by atoms with Crippen LogP contribution in [0, 0.1) is 11.7 Å². The van der Waals surface area contributed by atoms with Crippen molar-refractivity contribution in [2.24, 2.45) is 5.92 Å². The van der Waals surface area contributed by atoms with E-state index in [1.165, 1.54) is 12.1 Å². The topological polar surface area (TPSA) is 59.2 Å². The fourth-order valence-electron chi connectivity index (χ4n) is 4.08. The first-order valence-corrected chi connectivity index (χ1v) is 9.95. The molecule has 1 aliphatic heterocycles. The molecule has 2 aliphatic rings. The Morgan fingerprint density at radius 2 is 2.00 bits per heavy atom. The molecule has 1 aromatic carbocycles. The van der Waals surface area contributed by atoms with Crippen molar-refractivity contribution in [1.29, 1.82) is 0 Å². The van der Waals surface area contributed by atoms with Gasteiger partial charge in [-0.15, -0.1) is 0 Å². The molecular formula is C22H22FN3O2. The minimum atomic E-state index is -0.315. The Balaban J connectivity index is 1.65. The van der Waals surface area contributed by atoms with E-state index < -0.39 is 0 Å². The molecule has 1 saturated carbocycles. The fraction of sp³-hybridized carbons (Fsp3) is 0.409. The van der Waals surface area contributed by atoms with E-state index in [2.05, 4.69) is 17.1 Å². The molecule has 1 atom stereocenters. The Morgan fingerprint density at radius 3 is 2.71 bits per heavy atom. The van der Waals surface area contributed by atoms with Gasteiger partial charge in [-0.25, -0.2) is 9.37 Å². The van der Waals surface area contributed by atoms with Gasteiger partial charge in [0, 0.05) is 30.3 Å². The van der Waals surface area contributed by atoms with Gasteiger partial charge in [0.15, 0.2) is 0 Å². The number of likely N-dealkylation sites (tertiary alicyclic amines) is 1. The molecule has 1 saturated heterocycles. The quantitative estimate of drug-likeness (QED) is 0.657. The maximum absolute atomic E-state index is 13.5. The number of aromatic nitrogens is 2. The lowest BCUT2D eigenvalue weighted by Gasteiger charge is -2.31. The van der Waals surface area contributed by atoms with Crippen LogP contribution in [0.5, 0.6) is 0 Å². The fourth-order valence-corrected chi connectivity index (χ4v) is 4.08. The van der Waals surface area contributed by atoms with E-state index in [4.69, 9.17) is 4.52 Å². The van der Waals surface area contributed by atoms with E-state index in [0.29, 0.717) is 39.8 Å². The molecule has 6 heteroatoms. The van der Waals surface area contributed by atoms with Gasteiger partial charge < -0.3 is 9.42 Å². The summed E-state index contributed by atoms with van der Waals surface area (Å²) >= 11 is 0. The number of rotatable bonds is 3. The summed E-state index contributed by atoms with van der Waals surface area (Å²) in [5.74, 6) is 0.587. The van der Waals surface area contributed by atoms with Crippen LogP contribution in [0.4, 0.5) is 4.39 Å². The summed E-state index contributed by atoms with van der Waals surface area (Å²) in [5, 5.41) is 4.81. The van der Waals surface area contributed by atoms with Crippen LogP contribution < -0.4 is 0 Å². The Hall–Kier alpha value is -2.76. The second kappa shape index (κ2) is 6.69. The number of carbonyl (C=O) groups is 1. The largest absolute Gasteiger partial charge is 0.338 e.